The Bertz CT molecular complexity index is 1150. The summed E-state index contributed by atoms with van der Waals surface area (Å²) in [5, 5.41) is 0. The lowest BCUT2D eigenvalue weighted by Crippen LogP contribution is -1.94. The Morgan fingerprint density at radius 3 is 2.29 bits per heavy atom. The van der Waals surface area contributed by atoms with Gasteiger partial charge in [0.25, 0.3) is 0 Å². The van der Waals surface area contributed by atoms with E-state index in [1.54, 1.807) is 26.4 Å². The van der Waals surface area contributed by atoms with Gasteiger partial charge in [-0.05, 0) is 82.4 Å². The summed E-state index contributed by atoms with van der Waals surface area (Å²) >= 11 is 0. The number of hydrogen-bond acceptors (Lipinski definition) is 3. The maximum atomic E-state index is 11.4. The van der Waals surface area contributed by atoms with Gasteiger partial charge in [0.05, 0.1) is 0 Å². The van der Waals surface area contributed by atoms with Crippen LogP contribution >= 0.6 is 0 Å². The highest BCUT2D eigenvalue weighted by molar-refractivity contribution is 5.96. The smallest absolute Gasteiger partial charge is 0.159 e. The Labute approximate surface area is 206 Å². The van der Waals surface area contributed by atoms with Crippen LogP contribution in [0.3, 0.4) is 0 Å². The Morgan fingerprint density at radius 2 is 1.68 bits per heavy atom. The predicted molar refractivity (Wildman–Crippen MR) is 148 cm³/mol. The molecule has 178 valence electrons. The molecule has 0 amide bonds. The number of ketones is 1. The molecule has 0 aliphatic carbocycles. The fraction of sp³-hybridized carbons (Fsp3) is 0.323. The second-order valence-corrected chi connectivity index (χ2v) is 8.16. The summed E-state index contributed by atoms with van der Waals surface area (Å²) in [6.45, 7) is 13.9. The molecule has 0 spiro atoms. The third-order valence-corrected chi connectivity index (χ3v) is 5.20. The van der Waals surface area contributed by atoms with Crippen molar-refractivity contribution in [1.82, 2.24) is 0 Å². The van der Waals surface area contributed by atoms with Crippen LogP contribution in [0, 0.1) is 25.7 Å². The van der Waals surface area contributed by atoms with Gasteiger partial charge in [-0.3, -0.25) is 14.8 Å². The van der Waals surface area contributed by atoms with Crippen LogP contribution in [0.2, 0.25) is 0 Å². The predicted octanol–water partition coefficient (Wildman–Crippen LogP) is 7.29. The molecule has 3 nitrogen and oxygen atoms in total. The number of hydrogen-bond donors (Lipinski definition) is 0. The molecule has 0 unspecified atom stereocenters. The second kappa shape index (κ2) is 15.3. The summed E-state index contributed by atoms with van der Waals surface area (Å²) < 4.78 is 0. The lowest BCUT2D eigenvalue weighted by molar-refractivity contribution is 0.101. The Balaban J connectivity index is 0.000000437. The van der Waals surface area contributed by atoms with Crippen molar-refractivity contribution in [3.05, 3.63) is 93.7 Å². The van der Waals surface area contributed by atoms with E-state index in [0.29, 0.717) is 5.56 Å². The van der Waals surface area contributed by atoms with Crippen LogP contribution in [0.25, 0.3) is 0 Å². The molecule has 0 saturated carbocycles. The van der Waals surface area contributed by atoms with E-state index in [4.69, 9.17) is 0 Å². The van der Waals surface area contributed by atoms with Crippen molar-refractivity contribution in [3.63, 3.8) is 0 Å². The monoisotopic (exact) mass is 454 g/mol. The quantitative estimate of drug-likeness (QED) is 0.257. The number of carbonyl (C=O) groups excluding carboxylic acids is 1. The van der Waals surface area contributed by atoms with E-state index in [1.807, 2.05) is 51.1 Å². The van der Waals surface area contributed by atoms with E-state index in [2.05, 4.69) is 60.8 Å². The highest BCUT2D eigenvalue weighted by Gasteiger charge is 2.01. The lowest BCUT2D eigenvalue weighted by Gasteiger charge is -2.05. The number of benzene rings is 2. The molecular formula is C31H38N2O. The number of rotatable bonds is 6. The van der Waals surface area contributed by atoms with Crippen molar-refractivity contribution < 1.29 is 4.79 Å². The van der Waals surface area contributed by atoms with Crippen LogP contribution in [0.4, 0.5) is 0 Å². The number of allylic oxidation sites excluding steroid dienone is 3. The summed E-state index contributed by atoms with van der Waals surface area (Å²) in [5.41, 5.74) is 8.71. The van der Waals surface area contributed by atoms with Crippen molar-refractivity contribution in [1.29, 1.82) is 0 Å². The molecule has 2 rings (SSSR count). The molecule has 0 fully saturated rings. The van der Waals surface area contributed by atoms with Gasteiger partial charge < -0.3 is 0 Å². The van der Waals surface area contributed by atoms with E-state index in [-0.39, 0.29) is 5.78 Å². The number of aryl methyl sites for hydroxylation is 4. The van der Waals surface area contributed by atoms with Crippen LogP contribution in [-0.4, -0.2) is 24.8 Å². The third-order valence-electron chi connectivity index (χ3n) is 5.20. The first-order valence-electron chi connectivity index (χ1n) is 11.7. The molecule has 0 atom stereocenters. The molecule has 0 radical (unpaired) electrons. The van der Waals surface area contributed by atoms with Crippen molar-refractivity contribution in [2.45, 2.75) is 61.3 Å². The molecule has 0 aromatic heterocycles. The zero-order valence-electron chi connectivity index (χ0n) is 22.0. The van der Waals surface area contributed by atoms with Crippen molar-refractivity contribution >= 4 is 17.7 Å². The van der Waals surface area contributed by atoms with Gasteiger partial charge in [0.1, 0.15) is 0 Å². The first-order valence-corrected chi connectivity index (χ1v) is 11.7. The summed E-state index contributed by atoms with van der Waals surface area (Å²) in [4.78, 5) is 19.6. The average Bonchev–Trinajstić information content (AvgIpc) is 2.82. The van der Waals surface area contributed by atoms with Crippen LogP contribution in [-0.2, 0) is 12.8 Å². The molecule has 0 saturated heterocycles. The highest BCUT2D eigenvalue weighted by Crippen LogP contribution is 2.13. The Kier molecular flexibility index (Phi) is 12.9. The zero-order valence-corrected chi connectivity index (χ0v) is 22.0. The average molecular weight is 455 g/mol. The number of carbonyl (C=O) groups is 1. The molecule has 0 aliphatic heterocycles. The van der Waals surface area contributed by atoms with E-state index >= 15 is 0 Å². The molecule has 34 heavy (non-hydrogen) atoms. The summed E-state index contributed by atoms with van der Waals surface area (Å²) in [6, 6.07) is 12.3. The number of aliphatic imine (C=N–C) groups is 2. The van der Waals surface area contributed by atoms with Gasteiger partial charge in [0.2, 0.25) is 0 Å². The molecule has 0 bridgehead atoms. The van der Waals surface area contributed by atoms with E-state index < -0.39 is 0 Å². The first kappa shape index (κ1) is 28.5. The summed E-state index contributed by atoms with van der Waals surface area (Å²) in [7, 11) is 1.72. The normalized spacial score (nSPS) is 11.8. The van der Waals surface area contributed by atoms with Gasteiger partial charge in [-0.2, -0.15) is 0 Å². The highest BCUT2D eigenvalue weighted by atomic mass is 16.1. The van der Waals surface area contributed by atoms with Crippen molar-refractivity contribution in [2.75, 3.05) is 7.05 Å². The fourth-order valence-corrected chi connectivity index (χ4v) is 3.11. The SMILES string of the molecule is CCc1ccc(C)cc1CC.CN=C\C=C/C(C)=N/C=C(\C)C#Cc1cc(C(C)=O)ccc1C. The van der Waals surface area contributed by atoms with Gasteiger partial charge in [-0.1, -0.05) is 61.6 Å². The minimum Gasteiger partial charge on any atom is -0.297 e. The topological polar surface area (TPSA) is 41.8 Å². The van der Waals surface area contributed by atoms with Gasteiger partial charge in [-0.15, -0.1) is 0 Å². The zero-order chi connectivity index (χ0) is 25.5. The van der Waals surface area contributed by atoms with E-state index in [9.17, 15) is 4.79 Å². The minimum atomic E-state index is 0.0444. The van der Waals surface area contributed by atoms with Gasteiger partial charge in [0.15, 0.2) is 5.78 Å². The maximum absolute atomic E-state index is 11.4. The molecular weight excluding hydrogens is 416 g/mol. The Morgan fingerprint density at radius 1 is 0.971 bits per heavy atom. The number of Topliss-reactive ketones (excluding diaryl/α,β-unsaturated/α-hetero) is 1. The first-order chi connectivity index (χ1) is 16.2. The third kappa shape index (κ3) is 10.4. The largest absolute Gasteiger partial charge is 0.297 e. The lowest BCUT2D eigenvalue weighted by atomic mass is 10.0. The Hall–Kier alpha value is -3.51. The molecule has 2 aromatic rings. The number of nitrogens with zero attached hydrogens (tertiary/aromatic N) is 2. The molecule has 3 heteroatoms. The maximum Gasteiger partial charge on any atom is 0.159 e. The molecule has 2 aromatic carbocycles. The van der Waals surface area contributed by atoms with Crippen molar-refractivity contribution in [3.8, 4) is 11.8 Å². The second-order valence-electron chi connectivity index (χ2n) is 8.16. The van der Waals surface area contributed by atoms with E-state index in [1.165, 1.54) is 16.7 Å². The van der Waals surface area contributed by atoms with E-state index in [0.717, 1.165) is 35.3 Å². The fourth-order valence-electron chi connectivity index (χ4n) is 3.11. The van der Waals surface area contributed by atoms with Crippen LogP contribution in [0.1, 0.15) is 72.8 Å². The van der Waals surface area contributed by atoms with Crippen LogP contribution < -0.4 is 0 Å². The molecule has 0 heterocycles. The molecule has 0 aliphatic rings. The van der Waals surface area contributed by atoms with Gasteiger partial charge >= 0.3 is 0 Å². The summed E-state index contributed by atoms with van der Waals surface area (Å²) in [5.74, 6) is 6.22. The standard InChI is InChI=1S/C20H22N2O.C11H16/c1-15(14-22-17(3)7-6-12-21-5)8-10-19-13-20(18(4)23)11-9-16(19)2;1-4-10-7-6-9(3)8-11(10)5-2/h6-7,9,11-14H,1-5H3;6-8H,4-5H2,1-3H3/b7-6-,15-14+,21-12?,22-17+;. The van der Waals surface area contributed by atoms with Gasteiger partial charge in [0, 0.05) is 41.9 Å². The van der Waals surface area contributed by atoms with Crippen LogP contribution in [0.5, 0.6) is 0 Å². The molecule has 0 N–H and O–H groups in total. The van der Waals surface area contributed by atoms with Crippen molar-refractivity contribution in [2.24, 2.45) is 9.98 Å². The van der Waals surface area contributed by atoms with Crippen LogP contribution in [0.15, 0.2) is 70.3 Å². The minimum absolute atomic E-state index is 0.0444. The van der Waals surface area contributed by atoms with Gasteiger partial charge in [-0.25, -0.2) is 0 Å². The summed E-state index contributed by atoms with van der Waals surface area (Å²) in [6.07, 6.45) is 9.48.